The molecule has 172 valence electrons. The van der Waals surface area contributed by atoms with Crippen LogP contribution in [0.5, 0.6) is 0 Å². The molecule has 0 aromatic rings. The number of hydrogen-bond donors (Lipinski definition) is 1. The van der Waals surface area contributed by atoms with Gasteiger partial charge in [-0.2, -0.15) is 0 Å². The van der Waals surface area contributed by atoms with Crippen molar-refractivity contribution in [1.29, 1.82) is 0 Å². The number of hydrogen-bond acceptors (Lipinski definition) is 8. The van der Waals surface area contributed by atoms with Crippen LogP contribution in [0, 0.1) is 0 Å². The summed E-state index contributed by atoms with van der Waals surface area (Å²) in [7, 11) is 6.59. The fourth-order valence-electron chi connectivity index (χ4n) is 3.26. The van der Waals surface area contributed by atoms with E-state index in [1.54, 1.807) is 35.0 Å². The molecule has 30 heavy (non-hydrogen) atoms. The number of nitrogens with zero attached hydrogens (tertiary/aromatic N) is 2. The second kappa shape index (κ2) is 14.7. The van der Waals surface area contributed by atoms with Gasteiger partial charge in [0.1, 0.15) is 11.6 Å². The van der Waals surface area contributed by atoms with Gasteiger partial charge in [-0.05, 0) is 34.2 Å². The second-order valence-corrected chi connectivity index (χ2v) is 8.13. The van der Waals surface area contributed by atoms with E-state index in [1.165, 1.54) is 12.0 Å². The van der Waals surface area contributed by atoms with Crippen LogP contribution in [0.3, 0.4) is 0 Å². The van der Waals surface area contributed by atoms with Crippen molar-refractivity contribution in [2.75, 3.05) is 48.1 Å². The number of esters is 1. The normalized spacial score (nSPS) is 26.1. The molecule has 2 saturated heterocycles. The summed E-state index contributed by atoms with van der Waals surface area (Å²) in [4.78, 5) is 27.1. The largest absolute Gasteiger partial charge is 1.00 e. The van der Waals surface area contributed by atoms with E-state index in [4.69, 9.17) is 24.1 Å². The van der Waals surface area contributed by atoms with E-state index in [2.05, 4.69) is 4.90 Å². The summed E-state index contributed by atoms with van der Waals surface area (Å²) in [5, 5.41) is 8.85. The maximum Gasteiger partial charge on any atom is 1.00 e. The van der Waals surface area contributed by atoms with Gasteiger partial charge in [0.25, 0.3) is 0 Å². The number of carbonyl (C=O) groups excluding carboxylic acids is 2. The van der Waals surface area contributed by atoms with Gasteiger partial charge in [0.2, 0.25) is 0 Å². The van der Waals surface area contributed by atoms with E-state index in [1.807, 2.05) is 7.05 Å². The van der Waals surface area contributed by atoms with Crippen molar-refractivity contribution in [2.24, 2.45) is 0 Å². The van der Waals surface area contributed by atoms with Crippen molar-refractivity contribution < 1.29 is 53.9 Å². The molecule has 9 nitrogen and oxygen atoms in total. The molecule has 4 atom stereocenters. The fourth-order valence-corrected chi connectivity index (χ4v) is 3.26. The van der Waals surface area contributed by atoms with E-state index in [0.717, 1.165) is 13.0 Å². The molecule has 0 radical (unpaired) electrons. The summed E-state index contributed by atoms with van der Waals surface area (Å²) in [5.41, 5.74) is -0.594. The van der Waals surface area contributed by atoms with Crippen molar-refractivity contribution in [1.82, 2.24) is 9.80 Å². The Hall–Kier alpha value is -0.290. The van der Waals surface area contributed by atoms with Gasteiger partial charge >= 0.3 is 30.9 Å². The maximum absolute atomic E-state index is 12.0. The van der Waals surface area contributed by atoms with Crippen LogP contribution in [0.15, 0.2) is 0 Å². The van der Waals surface area contributed by atoms with Gasteiger partial charge in [-0.1, -0.05) is 0 Å². The van der Waals surface area contributed by atoms with E-state index >= 15 is 0 Å². The van der Waals surface area contributed by atoms with Crippen molar-refractivity contribution in [3.63, 3.8) is 0 Å². The molecule has 0 aromatic carbocycles. The van der Waals surface area contributed by atoms with Gasteiger partial charge in [-0.3, -0.25) is 9.80 Å². The Morgan fingerprint density at radius 1 is 1.07 bits per heavy atom. The average molecular weight is 442 g/mol. The predicted molar refractivity (Wildman–Crippen MR) is 114 cm³/mol. The number of carbonyl (C=O) groups is 2. The number of likely N-dealkylation sites (tertiary alicyclic amines) is 2. The summed E-state index contributed by atoms with van der Waals surface area (Å²) < 4.78 is 20.3. The third-order valence-corrected chi connectivity index (χ3v) is 4.89. The number of methoxy groups -OCH3 is 3. The quantitative estimate of drug-likeness (QED) is 0.360. The molecule has 11 heteroatoms. The van der Waals surface area contributed by atoms with Crippen LogP contribution in [-0.4, -0.2) is 122 Å². The maximum atomic E-state index is 12.0. The van der Waals surface area contributed by atoms with Crippen LogP contribution in [0.2, 0.25) is 0 Å². The smallest absolute Gasteiger partial charge is 1.00 e. The summed E-state index contributed by atoms with van der Waals surface area (Å²) in [6, 6.07) is -0.320. The Morgan fingerprint density at radius 3 is 1.97 bits per heavy atom. The molecule has 2 fully saturated rings. The third-order valence-electron chi connectivity index (χ3n) is 4.89. The molecule has 0 unspecified atom stereocenters. The summed E-state index contributed by atoms with van der Waals surface area (Å²) in [6.07, 6.45) is 1.03. The van der Waals surface area contributed by atoms with E-state index < -0.39 is 23.7 Å². The monoisotopic (exact) mass is 442 g/mol. The minimum Gasteiger partial charge on any atom is -1.00 e. The molecule has 2 heterocycles. The number of amides is 1. The Morgan fingerprint density at radius 2 is 1.60 bits per heavy atom. The van der Waals surface area contributed by atoms with Gasteiger partial charge in [-0.25, -0.2) is 9.59 Å². The fraction of sp³-hybridized carbons (Fsp3) is 0.895. The van der Waals surface area contributed by atoms with Gasteiger partial charge in [0, 0.05) is 33.2 Å². The van der Waals surface area contributed by atoms with E-state index in [-0.39, 0.29) is 50.4 Å². The van der Waals surface area contributed by atoms with Crippen LogP contribution in [0.1, 0.15) is 35.0 Å². The van der Waals surface area contributed by atoms with Crippen molar-refractivity contribution in [2.45, 2.75) is 63.5 Å². The Labute approximate surface area is 204 Å². The van der Waals surface area contributed by atoms with Crippen LogP contribution in [-0.2, 0) is 23.7 Å². The van der Waals surface area contributed by atoms with Crippen LogP contribution < -0.4 is 18.9 Å². The van der Waals surface area contributed by atoms with Gasteiger partial charge in [0.15, 0.2) is 17.4 Å². The Balaban J connectivity index is -0.000000521. The average Bonchev–Trinajstić information content (AvgIpc) is 3.23. The molecule has 0 spiro atoms. The predicted octanol–water partition coefficient (Wildman–Crippen LogP) is -3.19. The standard InChI is InChI=1S/C12H21NO5.C7H15NO2.Al.Li.4H/c1-12(2,3)18-11(15)13-7-8(16-4)6-9(13)10(14)17-5;1-8-4-7(10-2)3-6(8)5-9;;;;;;/h8-9H,6-7H2,1-5H3;6-7,9H,3-5H2,1-2H3;;;;;;/q;;;+1;;;;-1/t8-,9+;6-,7+;;;;;;/m01....../s1. The number of aliphatic hydroxyl groups excluding tert-OH is 1. The van der Waals surface area contributed by atoms with Gasteiger partial charge < -0.3 is 25.5 Å². The van der Waals surface area contributed by atoms with Crippen molar-refractivity contribution in [3.8, 4) is 0 Å². The Bertz CT molecular complexity index is 528. The minimum atomic E-state index is -0.630. The molecule has 1 N–H and O–H groups in total. The summed E-state index contributed by atoms with van der Waals surface area (Å²) >= 11 is 0. The first-order valence-corrected chi connectivity index (χ1v) is 9.50. The summed E-state index contributed by atoms with van der Waals surface area (Å²) in [6.45, 7) is 6.87. The van der Waals surface area contributed by atoms with Crippen molar-refractivity contribution >= 4 is 29.4 Å². The molecule has 0 aliphatic carbocycles. The molecular formula is C19H40AlLiN2O7. The third kappa shape index (κ3) is 9.89. The van der Waals surface area contributed by atoms with Gasteiger partial charge in [0.05, 0.1) is 32.5 Å². The molecular weight excluding hydrogens is 402 g/mol. The number of aliphatic hydroxyl groups is 1. The first-order chi connectivity index (χ1) is 13.1. The zero-order valence-corrected chi connectivity index (χ0v) is 19.1. The molecule has 0 saturated carbocycles. The SMILES string of the molecule is COC(=O)[C@H]1C[C@H](OC)CN1C(=O)OC(C)(C)C.CO[C@H]1C[C@H](CO)N(C)C1.[AlH3].[H-].[Li+]. The van der Waals surface area contributed by atoms with Crippen molar-refractivity contribution in [3.05, 3.63) is 0 Å². The molecule has 2 rings (SSSR count). The van der Waals surface area contributed by atoms with E-state index in [0.29, 0.717) is 25.1 Å². The summed E-state index contributed by atoms with van der Waals surface area (Å²) in [5.74, 6) is -0.444. The molecule has 1 amide bonds. The van der Waals surface area contributed by atoms with Gasteiger partial charge in [-0.15, -0.1) is 0 Å². The first kappa shape index (κ1) is 31.9. The molecule has 2 aliphatic rings. The molecule has 0 aromatic heterocycles. The van der Waals surface area contributed by atoms with Crippen LogP contribution in [0.25, 0.3) is 0 Å². The number of ether oxygens (including phenoxy) is 4. The van der Waals surface area contributed by atoms with Crippen LogP contribution in [0.4, 0.5) is 4.79 Å². The molecule has 2 aliphatic heterocycles. The minimum absolute atomic E-state index is 0. The Kier molecular flexibility index (Phi) is 15.6. The topological polar surface area (TPSA) is 97.8 Å². The second-order valence-electron chi connectivity index (χ2n) is 8.13. The zero-order valence-electron chi connectivity index (χ0n) is 20.1. The number of rotatable bonds is 4. The van der Waals surface area contributed by atoms with E-state index in [9.17, 15) is 9.59 Å². The number of likely N-dealkylation sites (N-methyl/N-ethyl adjacent to an activating group) is 1. The van der Waals surface area contributed by atoms with Crippen LogP contribution >= 0.6 is 0 Å². The zero-order chi connectivity index (χ0) is 21.5. The molecule has 0 bridgehead atoms. The first-order valence-electron chi connectivity index (χ1n) is 9.50.